The highest BCUT2D eigenvalue weighted by atomic mass is 31.2. The van der Waals surface area contributed by atoms with Gasteiger partial charge in [-0.3, -0.25) is 23.7 Å². The second-order valence-corrected chi connectivity index (χ2v) is 13.6. The van der Waals surface area contributed by atoms with Crippen molar-refractivity contribution in [2.45, 2.75) is 64.8 Å². The Morgan fingerprint density at radius 3 is 1.94 bits per heavy atom. The summed E-state index contributed by atoms with van der Waals surface area (Å²) in [6.45, 7) is 7.74. The molecule has 0 radical (unpaired) electrons. The second-order valence-electron chi connectivity index (χ2n) is 11.5. The van der Waals surface area contributed by atoms with Gasteiger partial charge in [0.1, 0.15) is 0 Å². The first kappa shape index (κ1) is 38.2. The van der Waals surface area contributed by atoms with Gasteiger partial charge in [0.15, 0.2) is 11.3 Å². The van der Waals surface area contributed by atoms with E-state index >= 15 is 0 Å². The monoisotopic (exact) mass is 675 g/mol. The molecule has 0 aliphatic carbocycles. The zero-order valence-corrected chi connectivity index (χ0v) is 28.9. The molecule has 10 nitrogen and oxygen atoms in total. The lowest BCUT2D eigenvalue weighted by atomic mass is 9.77. The third kappa shape index (κ3) is 10.9. The molecule has 0 fully saturated rings. The van der Waals surface area contributed by atoms with Crippen molar-refractivity contribution in [3.63, 3.8) is 0 Å². The van der Waals surface area contributed by atoms with Crippen LogP contribution in [0.2, 0.25) is 0 Å². The van der Waals surface area contributed by atoms with Crippen LogP contribution in [0.5, 0.6) is 0 Å². The molecular formula is C37H46N3O7P. The average Bonchev–Trinajstić information content (AvgIpc) is 3.09. The highest BCUT2D eigenvalue weighted by Gasteiger charge is 2.49. The molecule has 48 heavy (non-hydrogen) atoms. The zero-order chi connectivity index (χ0) is 35.2. The van der Waals surface area contributed by atoms with Crippen molar-refractivity contribution < 1.29 is 32.8 Å². The van der Waals surface area contributed by atoms with Crippen molar-refractivity contribution in [1.29, 1.82) is 0 Å². The normalized spacial score (nSPS) is 14.1. The van der Waals surface area contributed by atoms with E-state index in [0.717, 1.165) is 11.1 Å². The molecule has 0 aliphatic rings. The first-order valence-electron chi connectivity index (χ1n) is 16.1. The number of nitrogens with one attached hydrogen (secondary N) is 2. The number of amides is 2. The van der Waals surface area contributed by atoms with E-state index in [0.29, 0.717) is 17.5 Å². The van der Waals surface area contributed by atoms with Gasteiger partial charge in [-0.25, -0.2) is 0 Å². The van der Waals surface area contributed by atoms with Gasteiger partial charge < -0.3 is 25.4 Å². The number of hydrogen-bond donors (Lipinski definition) is 3. The Bertz CT molecular complexity index is 1590. The highest BCUT2D eigenvalue weighted by Crippen LogP contribution is 2.51. The Balaban J connectivity index is 1.80. The van der Waals surface area contributed by atoms with Gasteiger partial charge in [0, 0.05) is 19.0 Å². The van der Waals surface area contributed by atoms with E-state index < -0.39 is 48.5 Å². The van der Waals surface area contributed by atoms with Crippen LogP contribution in [0.4, 0.5) is 0 Å². The highest BCUT2D eigenvalue weighted by molar-refractivity contribution is 7.53. The van der Waals surface area contributed by atoms with Gasteiger partial charge in [-0.15, -0.1) is 0 Å². The fourth-order valence-electron chi connectivity index (χ4n) is 5.09. The third-order valence-electron chi connectivity index (χ3n) is 7.90. The van der Waals surface area contributed by atoms with E-state index in [1.54, 1.807) is 93.6 Å². The fraction of sp³-hybridized carbons (Fsp3) is 0.351. The molecule has 0 bridgehead atoms. The average molecular weight is 676 g/mol. The quantitative estimate of drug-likeness (QED) is 0.0662. The second kappa shape index (κ2) is 18.4. The summed E-state index contributed by atoms with van der Waals surface area (Å²) in [5.74, 6) is -3.79. The van der Waals surface area contributed by atoms with Crippen LogP contribution in [0.3, 0.4) is 0 Å². The summed E-state index contributed by atoms with van der Waals surface area (Å²) in [6, 6.07) is 23.7. The van der Waals surface area contributed by atoms with Crippen LogP contribution in [0, 0.1) is 5.92 Å². The largest absolute Gasteiger partial charge is 0.345 e. The molecule has 0 aliphatic heterocycles. The van der Waals surface area contributed by atoms with Crippen LogP contribution in [-0.2, 0) is 51.9 Å². The minimum atomic E-state index is -3.27. The van der Waals surface area contributed by atoms with Crippen molar-refractivity contribution in [3.05, 3.63) is 113 Å². The van der Waals surface area contributed by atoms with Crippen LogP contribution < -0.4 is 16.4 Å². The van der Waals surface area contributed by atoms with Gasteiger partial charge in [-0.1, -0.05) is 105 Å². The Morgan fingerprint density at radius 2 is 1.40 bits per heavy atom. The number of benzene rings is 3. The van der Waals surface area contributed by atoms with Crippen LogP contribution in [0.15, 0.2) is 91.0 Å². The molecule has 3 rings (SSSR count). The van der Waals surface area contributed by atoms with Crippen molar-refractivity contribution in [3.8, 4) is 0 Å². The molecule has 0 saturated carbocycles. The predicted octanol–water partition coefficient (Wildman–Crippen LogP) is 5.39. The standard InChI is InChI=1S/C37H46N3O7P/c1-5-27(4)33(40-32(41)23-22-28-18-20-31(21-19-28)26-48(45,46-6-2)47-7-3)34(42)37(38,24-29-14-10-8-11-15-29)35(43)36(44)39-25-30-16-12-9-13-17-30/h8-23,27,33H,5-7,24-26,38H2,1-4H3,(H,39,44)(H,40,41)/t27-,33-,37-/m0/s1. The van der Waals surface area contributed by atoms with Crippen molar-refractivity contribution >= 4 is 37.1 Å². The molecular weight excluding hydrogens is 629 g/mol. The number of hydrogen-bond acceptors (Lipinski definition) is 8. The van der Waals surface area contributed by atoms with Gasteiger partial charge in [-0.2, -0.15) is 0 Å². The van der Waals surface area contributed by atoms with Gasteiger partial charge in [-0.05, 0) is 48.1 Å². The molecule has 0 saturated heterocycles. The molecule has 0 spiro atoms. The number of ketones is 2. The van der Waals surface area contributed by atoms with Gasteiger partial charge in [0.25, 0.3) is 5.91 Å². The fourth-order valence-corrected chi connectivity index (χ4v) is 6.79. The van der Waals surface area contributed by atoms with Gasteiger partial charge in [0.2, 0.25) is 11.7 Å². The SMILES string of the molecule is CCOP(=O)(Cc1ccc(C=CC(=O)N[C@H](C(=O)[C@@](N)(Cc2ccccc2)C(=O)C(=O)NCc2ccccc2)[C@@H](C)CC)cc1)OCC. The van der Waals surface area contributed by atoms with Crippen molar-refractivity contribution in [2.24, 2.45) is 11.7 Å². The molecule has 0 aromatic heterocycles. The Hall–Kier alpha value is -4.21. The molecule has 0 unspecified atom stereocenters. The predicted molar refractivity (Wildman–Crippen MR) is 187 cm³/mol. The Kier molecular flexibility index (Phi) is 14.6. The van der Waals surface area contributed by atoms with Crippen LogP contribution in [0.25, 0.3) is 6.08 Å². The van der Waals surface area contributed by atoms with Crippen LogP contribution >= 0.6 is 7.60 Å². The minimum absolute atomic E-state index is 0.0800. The summed E-state index contributed by atoms with van der Waals surface area (Å²) >= 11 is 0. The molecule has 2 amide bonds. The molecule has 3 aromatic carbocycles. The summed E-state index contributed by atoms with van der Waals surface area (Å²) in [6.07, 6.45) is 3.24. The first-order chi connectivity index (χ1) is 22.9. The van der Waals surface area contributed by atoms with E-state index in [4.69, 9.17) is 14.8 Å². The summed E-state index contributed by atoms with van der Waals surface area (Å²) in [4.78, 5) is 54.3. The third-order valence-corrected chi connectivity index (χ3v) is 9.96. The lowest BCUT2D eigenvalue weighted by Crippen LogP contribution is -2.66. The van der Waals surface area contributed by atoms with Crippen LogP contribution in [-0.4, -0.2) is 48.2 Å². The maximum atomic E-state index is 14.2. The number of carbonyl (C=O) groups excluding carboxylic acids is 4. The van der Waals surface area contributed by atoms with Crippen LogP contribution in [0.1, 0.15) is 56.4 Å². The molecule has 3 atom stereocenters. The Labute approximate surface area is 283 Å². The topological polar surface area (TPSA) is 154 Å². The molecule has 3 aromatic rings. The summed E-state index contributed by atoms with van der Waals surface area (Å²) < 4.78 is 23.6. The summed E-state index contributed by atoms with van der Waals surface area (Å²) in [7, 11) is -3.27. The number of carbonyl (C=O) groups is 4. The summed E-state index contributed by atoms with van der Waals surface area (Å²) in [5.41, 5.74) is 7.21. The maximum Gasteiger partial charge on any atom is 0.335 e. The van der Waals surface area contributed by atoms with Gasteiger partial charge in [0.05, 0.1) is 25.4 Å². The van der Waals surface area contributed by atoms with E-state index in [1.807, 2.05) is 25.1 Å². The molecule has 4 N–H and O–H groups in total. The van der Waals surface area contributed by atoms with Gasteiger partial charge >= 0.3 is 7.60 Å². The smallest absolute Gasteiger partial charge is 0.335 e. The summed E-state index contributed by atoms with van der Waals surface area (Å²) in [5, 5.41) is 5.33. The maximum absolute atomic E-state index is 14.2. The lowest BCUT2D eigenvalue weighted by molar-refractivity contribution is -0.146. The number of rotatable bonds is 19. The minimum Gasteiger partial charge on any atom is -0.345 e. The van der Waals surface area contributed by atoms with Crippen molar-refractivity contribution in [1.82, 2.24) is 10.6 Å². The lowest BCUT2D eigenvalue weighted by Gasteiger charge is -2.33. The molecule has 256 valence electrons. The van der Waals surface area contributed by atoms with Crippen molar-refractivity contribution in [2.75, 3.05) is 13.2 Å². The number of Topliss-reactive ketones (excluding diaryl/α,β-unsaturated/α-hetero) is 2. The van der Waals surface area contributed by atoms with E-state index in [1.165, 1.54) is 6.08 Å². The van der Waals surface area contributed by atoms with E-state index in [-0.39, 0.29) is 32.3 Å². The van der Waals surface area contributed by atoms with E-state index in [9.17, 15) is 23.7 Å². The molecule has 11 heteroatoms. The zero-order valence-electron chi connectivity index (χ0n) is 28.0. The van der Waals surface area contributed by atoms with E-state index in [2.05, 4.69) is 10.6 Å². The number of nitrogens with two attached hydrogens (primary N) is 1. The molecule has 0 heterocycles. The first-order valence-corrected chi connectivity index (χ1v) is 17.9. The Morgan fingerprint density at radius 1 is 0.833 bits per heavy atom.